The topological polar surface area (TPSA) is 75.6 Å². The highest BCUT2D eigenvalue weighted by Gasteiger charge is 2.21. The molecule has 6 nitrogen and oxygen atoms in total. The van der Waals surface area contributed by atoms with Gasteiger partial charge in [-0.05, 0) is 37.1 Å². The fourth-order valence-corrected chi connectivity index (χ4v) is 3.56. The lowest BCUT2D eigenvalue weighted by atomic mass is 10.1. The van der Waals surface area contributed by atoms with Crippen molar-refractivity contribution in [3.05, 3.63) is 89.1 Å². The number of H-pyrrole nitrogens is 1. The number of aromatic nitrogens is 4. The summed E-state index contributed by atoms with van der Waals surface area (Å²) in [5.41, 5.74) is 4.04. The maximum Gasteiger partial charge on any atom is 0.255 e. The van der Waals surface area contributed by atoms with Crippen LogP contribution >= 0.6 is 11.6 Å². The monoisotopic (exact) mass is 419 g/mol. The quantitative estimate of drug-likeness (QED) is 0.456. The maximum absolute atomic E-state index is 13.0. The summed E-state index contributed by atoms with van der Waals surface area (Å²) in [5, 5.41) is 8.06. The Bertz CT molecular complexity index is 1170. The summed E-state index contributed by atoms with van der Waals surface area (Å²) in [6.45, 7) is 3.88. The van der Waals surface area contributed by atoms with Crippen molar-refractivity contribution >= 4 is 17.5 Å². The zero-order chi connectivity index (χ0) is 21.1. The molecule has 0 aliphatic heterocycles. The summed E-state index contributed by atoms with van der Waals surface area (Å²) in [6.07, 6.45) is 4.08. The van der Waals surface area contributed by atoms with Gasteiger partial charge in [0.05, 0.1) is 41.1 Å². The smallest absolute Gasteiger partial charge is 0.255 e. The van der Waals surface area contributed by atoms with Crippen LogP contribution in [0.5, 0.6) is 0 Å². The molecule has 2 aromatic carbocycles. The second-order valence-electron chi connectivity index (χ2n) is 7.02. The van der Waals surface area contributed by atoms with E-state index in [1.165, 1.54) is 0 Å². The number of amides is 1. The van der Waals surface area contributed by atoms with Crippen LogP contribution in [0.4, 0.5) is 0 Å². The highest BCUT2D eigenvalue weighted by molar-refractivity contribution is 6.30. The van der Waals surface area contributed by atoms with Crippen molar-refractivity contribution in [2.24, 2.45) is 0 Å². The number of halogens is 1. The molecule has 0 aliphatic rings. The molecule has 4 aromatic rings. The molecule has 4 rings (SSSR count). The second-order valence-corrected chi connectivity index (χ2v) is 7.45. The number of aromatic amines is 1. The Morgan fingerprint density at radius 1 is 1.17 bits per heavy atom. The predicted molar refractivity (Wildman–Crippen MR) is 118 cm³/mol. The Kier molecular flexibility index (Phi) is 5.68. The number of hydrogen-bond acceptors (Lipinski definition) is 3. The number of nitrogens with zero attached hydrogens (tertiary/aromatic N) is 3. The summed E-state index contributed by atoms with van der Waals surface area (Å²) >= 11 is 6.09. The molecule has 0 saturated carbocycles. The predicted octanol–water partition coefficient (Wildman–Crippen LogP) is 5.11. The Morgan fingerprint density at radius 2 is 1.97 bits per heavy atom. The van der Waals surface area contributed by atoms with Crippen LogP contribution in [0.3, 0.4) is 0 Å². The SMILES string of the molecule is CCC(NC(=O)c1cnn(-c2cccc(Cl)c2)c1C)c1ncc(-c2ccccc2)[nH]1. The van der Waals surface area contributed by atoms with Crippen molar-refractivity contribution in [3.63, 3.8) is 0 Å². The lowest BCUT2D eigenvalue weighted by Crippen LogP contribution is -2.29. The van der Waals surface area contributed by atoms with Crippen molar-refractivity contribution in [1.82, 2.24) is 25.1 Å². The standard InChI is InChI=1S/C23H22ClN5O/c1-3-20(22-25-14-21(27-22)16-8-5-4-6-9-16)28-23(30)19-13-26-29(15(19)2)18-11-7-10-17(24)12-18/h4-14,20H,3H2,1-2H3,(H,25,27)(H,28,30). The van der Waals surface area contributed by atoms with Crippen molar-refractivity contribution in [2.45, 2.75) is 26.3 Å². The van der Waals surface area contributed by atoms with Crippen LogP contribution in [0, 0.1) is 6.92 Å². The van der Waals surface area contributed by atoms with E-state index in [2.05, 4.69) is 20.4 Å². The lowest BCUT2D eigenvalue weighted by Gasteiger charge is -2.15. The number of carbonyl (C=O) groups excluding carboxylic acids is 1. The fourth-order valence-electron chi connectivity index (χ4n) is 3.38. The molecule has 30 heavy (non-hydrogen) atoms. The van der Waals surface area contributed by atoms with Crippen molar-refractivity contribution in [3.8, 4) is 16.9 Å². The van der Waals surface area contributed by atoms with Gasteiger partial charge in [0, 0.05) is 5.02 Å². The van der Waals surface area contributed by atoms with Crippen LogP contribution in [-0.4, -0.2) is 25.7 Å². The average Bonchev–Trinajstić information content (AvgIpc) is 3.40. The van der Waals surface area contributed by atoms with E-state index in [4.69, 9.17) is 11.6 Å². The van der Waals surface area contributed by atoms with Gasteiger partial charge >= 0.3 is 0 Å². The number of imidazole rings is 1. The van der Waals surface area contributed by atoms with E-state index in [9.17, 15) is 4.79 Å². The van der Waals surface area contributed by atoms with Gasteiger partial charge in [-0.3, -0.25) is 4.79 Å². The highest BCUT2D eigenvalue weighted by Crippen LogP contribution is 2.22. The fraction of sp³-hybridized carbons (Fsp3) is 0.174. The van der Waals surface area contributed by atoms with Crippen molar-refractivity contribution < 1.29 is 4.79 Å². The molecule has 1 atom stereocenters. The molecule has 2 aromatic heterocycles. The van der Waals surface area contributed by atoms with Crippen molar-refractivity contribution in [1.29, 1.82) is 0 Å². The third-order valence-corrected chi connectivity index (χ3v) is 5.27. The minimum atomic E-state index is -0.233. The number of hydrogen-bond donors (Lipinski definition) is 2. The number of benzene rings is 2. The van der Waals surface area contributed by atoms with E-state index in [1.807, 2.05) is 62.4 Å². The molecule has 0 saturated heterocycles. The average molecular weight is 420 g/mol. The normalized spacial score (nSPS) is 12.0. The Balaban J connectivity index is 1.54. The molecule has 0 fully saturated rings. The molecule has 1 amide bonds. The first kappa shape index (κ1) is 19.9. The van der Waals surface area contributed by atoms with Gasteiger partial charge in [0.2, 0.25) is 0 Å². The number of carbonyl (C=O) groups is 1. The largest absolute Gasteiger partial charge is 0.342 e. The Hall–Kier alpha value is -3.38. The van der Waals surface area contributed by atoms with E-state index in [1.54, 1.807) is 23.1 Å². The summed E-state index contributed by atoms with van der Waals surface area (Å²) in [7, 11) is 0. The molecule has 2 N–H and O–H groups in total. The molecular formula is C23H22ClN5O. The molecular weight excluding hydrogens is 398 g/mol. The molecule has 2 heterocycles. The van der Waals surface area contributed by atoms with E-state index in [0.29, 0.717) is 17.0 Å². The summed E-state index contributed by atoms with van der Waals surface area (Å²) in [5.74, 6) is 0.537. The van der Waals surface area contributed by atoms with Gasteiger partial charge < -0.3 is 10.3 Å². The zero-order valence-corrected chi connectivity index (χ0v) is 17.5. The third-order valence-electron chi connectivity index (χ3n) is 5.03. The van der Waals surface area contributed by atoms with Gasteiger partial charge in [-0.15, -0.1) is 0 Å². The van der Waals surface area contributed by atoms with Crippen LogP contribution in [0.25, 0.3) is 16.9 Å². The Morgan fingerprint density at radius 3 is 2.70 bits per heavy atom. The summed E-state index contributed by atoms with van der Waals surface area (Å²) in [4.78, 5) is 20.8. The summed E-state index contributed by atoms with van der Waals surface area (Å²) in [6, 6.07) is 17.1. The minimum Gasteiger partial charge on any atom is -0.342 e. The maximum atomic E-state index is 13.0. The third kappa shape index (κ3) is 4.00. The van der Waals surface area contributed by atoms with Gasteiger partial charge in [0.15, 0.2) is 0 Å². The van der Waals surface area contributed by atoms with Crippen molar-refractivity contribution in [2.75, 3.05) is 0 Å². The second kappa shape index (κ2) is 8.55. The van der Waals surface area contributed by atoms with E-state index in [-0.39, 0.29) is 11.9 Å². The van der Waals surface area contributed by atoms with Gasteiger partial charge in [-0.1, -0.05) is 54.9 Å². The van der Waals surface area contributed by atoms with Crippen LogP contribution in [0.1, 0.15) is 41.3 Å². The van der Waals surface area contributed by atoms with Crippen LogP contribution in [0.15, 0.2) is 67.0 Å². The van der Waals surface area contributed by atoms with Crippen LogP contribution < -0.4 is 5.32 Å². The Labute approximate surface area is 179 Å². The van der Waals surface area contributed by atoms with Crippen LogP contribution in [-0.2, 0) is 0 Å². The zero-order valence-electron chi connectivity index (χ0n) is 16.8. The summed E-state index contributed by atoms with van der Waals surface area (Å²) < 4.78 is 1.71. The van der Waals surface area contributed by atoms with Gasteiger partial charge in [0.25, 0.3) is 5.91 Å². The first-order chi connectivity index (χ1) is 14.6. The van der Waals surface area contributed by atoms with E-state index in [0.717, 1.165) is 28.5 Å². The molecule has 1 unspecified atom stereocenters. The van der Waals surface area contributed by atoms with Gasteiger partial charge in [0.1, 0.15) is 5.82 Å². The first-order valence-corrected chi connectivity index (χ1v) is 10.2. The van der Waals surface area contributed by atoms with E-state index < -0.39 is 0 Å². The van der Waals surface area contributed by atoms with E-state index >= 15 is 0 Å². The molecule has 152 valence electrons. The lowest BCUT2D eigenvalue weighted by molar-refractivity contribution is 0.0933. The first-order valence-electron chi connectivity index (χ1n) is 9.78. The molecule has 7 heteroatoms. The van der Waals surface area contributed by atoms with Gasteiger partial charge in [-0.2, -0.15) is 5.10 Å². The molecule has 0 bridgehead atoms. The van der Waals surface area contributed by atoms with Crippen LogP contribution in [0.2, 0.25) is 5.02 Å². The minimum absolute atomic E-state index is 0.190. The molecule has 0 radical (unpaired) electrons. The molecule has 0 aliphatic carbocycles. The molecule has 0 spiro atoms. The highest BCUT2D eigenvalue weighted by atomic mass is 35.5. The number of nitrogens with one attached hydrogen (secondary N) is 2. The van der Waals surface area contributed by atoms with Gasteiger partial charge in [-0.25, -0.2) is 9.67 Å². The number of rotatable bonds is 6.